The van der Waals surface area contributed by atoms with Gasteiger partial charge < -0.3 is 14.9 Å². The molecule has 0 aliphatic rings. The van der Waals surface area contributed by atoms with Crippen molar-refractivity contribution in [2.75, 3.05) is 6.61 Å². The monoisotopic (exact) mass is 429 g/mol. The fraction of sp³-hybridized carbons (Fsp3) is 0.0833. The summed E-state index contributed by atoms with van der Waals surface area (Å²) >= 11 is 0. The summed E-state index contributed by atoms with van der Waals surface area (Å²) in [5, 5.41) is 27.6. The average Bonchev–Trinajstić information content (AvgIpc) is 3.05. The third-order valence-corrected chi connectivity index (χ3v) is 4.96. The van der Waals surface area contributed by atoms with Crippen LogP contribution in [0.25, 0.3) is 21.9 Å². The van der Waals surface area contributed by atoms with Gasteiger partial charge in [0.2, 0.25) is 11.8 Å². The average molecular weight is 429 g/mol. The van der Waals surface area contributed by atoms with E-state index in [1.807, 2.05) is 42.5 Å². The highest BCUT2D eigenvalue weighted by Crippen LogP contribution is 2.35. The van der Waals surface area contributed by atoms with Gasteiger partial charge >= 0.3 is 5.91 Å². The quantitative estimate of drug-likeness (QED) is 0.455. The van der Waals surface area contributed by atoms with Gasteiger partial charge in [0.25, 0.3) is 5.91 Å². The lowest BCUT2D eigenvalue weighted by Gasteiger charge is -2.10. The smallest absolute Gasteiger partial charge is 0.302 e. The van der Waals surface area contributed by atoms with Crippen molar-refractivity contribution in [3.8, 4) is 28.6 Å². The fourth-order valence-electron chi connectivity index (χ4n) is 3.29. The molecule has 0 aliphatic carbocycles. The molecule has 2 N–H and O–H groups in total. The largest absolute Gasteiger partial charge is 0.494 e. The topological polar surface area (TPSA) is 113 Å². The molecule has 8 nitrogen and oxygen atoms in total. The van der Waals surface area contributed by atoms with Crippen LogP contribution in [-0.4, -0.2) is 33.2 Å². The summed E-state index contributed by atoms with van der Waals surface area (Å²) in [5.41, 5.74) is 1.89. The molecule has 0 unspecified atom stereocenters. The van der Waals surface area contributed by atoms with Crippen molar-refractivity contribution in [2.45, 2.75) is 0 Å². The minimum atomic E-state index is -0.757. The molecule has 0 bridgehead atoms. The number of hydrogen-bond acceptors (Lipinski definition) is 5. The Balaban J connectivity index is 1.44. The van der Waals surface area contributed by atoms with Crippen molar-refractivity contribution in [1.29, 1.82) is 0 Å². The van der Waals surface area contributed by atoms with Gasteiger partial charge in [-0.3, -0.25) is 14.2 Å². The molecule has 1 heterocycles. The number of rotatable bonds is 5. The Morgan fingerprint density at radius 2 is 1.56 bits per heavy atom. The molecule has 0 saturated carbocycles. The Hall–Kier alpha value is -4.46. The number of fused-ring (bicyclic) bond motifs is 1. The maximum Gasteiger partial charge on any atom is 0.302 e. The van der Waals surface area contributed by atoms with Crippen LogP contribution in [0.3, 0.4) is 0 Å². The van der Waals surface area contributed by atoms with Crippen LogP contribution in [-0.2, 0) is 11.8 Å². The SMILES string of the molecule is Cn1c(O)c2ccc(C(=O)N=NC(=O)COc3ccccc3-c3ccccc3)cc2c1O. The lowest BCUT2D eigenvalue weighted by atomic mass is 10.1. The van der Waals surface area contributed by atoms with Gasteiger partial charge in [-0.2, -0.15) is 0 Å². The molecule has 0 aliphatic heterocycles. The maximum absolute atomic E-state index is 12.3. The molecule has 4 rings (SSSR count). The zero-order valence-corrected chi connectivity index (χ0v) is 17.1. The van der Waals surface area contributed by atoms with E-state index in [1.54, 1.807) is 12.1 Å². The number of aromatic nitrogens is 1. The first-order valence-electron chi connectivity index (χ1n) is 9.72. The molecule has 0 saturated heterocycles. The van der Waals surface area contributed by atoms with Crippen LogP contribution in [0.1, 0.15) is 10.4 Å². The molecular weight excluding hydrogens is 410 g/mol. The molecule has 4 aromatic rings. The molecule has 0 fully saturated rings. The summed E-state index contributed by atoms with van der Waals surface area (Å²) in [7, 11) is 1.49. The van der Waals surface area contributed by atoms with Crippen LogP contribution in [0.5, 0.6) is 17.5 Å². The summed E-state index contributed by atoms with van der Waals surface area (Å²) in [6.45, 7) is -0.382. The van der Waals surface area contributed by atoms with Crippen LogP contribution in [0.2, 0.25) is 0 Å². The van der Waals surface area contributed by atoms with Crippen molar-refractivity contribution in [1.82, 2.24) is 4.57 Å². The molecule has 3 aromatic carbocycles. The third kappa shape index (κ3) is 4.06. The highest BCUT2D eigenvalue weighted by atomic mass is 16.5. The van der Waals surface area contributed by atoms with E-state index >= 15 is 0 Å². The summed E-state index contributed by atoms with van der Waals surface area (Å²) in [6.07, 6.45) is 0. The van der Waals surface area contributed by atoms with Crippen molar-refractivity contribution in [3.63, 3.8) is 0 Å². The first-order valence-corrected chi connectivity index (χ1v) is 9.72. The lowest BCUT2D eigenvalue weighted by Crippen LogP contribution is -2.09. The van der Waals surface area contributed by atoms with Crippen LogP contribution in [0.4, 0.5) is 0 Å². The highest BCUT2D eigenvalue weighted by molar-refractivity contribution is 6.02. The number of ether oxygens (including phenoxy) is 1. The van der Waals surface area contributed by atoms with Crippen LogP contribution < -0.4 is 4.74 Å². The number of carbonyl (C=O) groups excluding carboxylic acids is 2. The van der Waals surface area contributed by atoms with E-state index in [2.05, 4.69) is 10.2 Å². The summed E-state index contributed by atoms with van der Waals surface area (Å²) < 4.78 is 6.79. The minimum absolute atomic E-state index is 0.116. The van der Waals surface area contributed by atoms with Gasteiger partial charge in [-0.15, -0.1) is 10.2 Å². The van der Waals surface area contributed by atoms with Gasteiger partial charge in [-0.1, -0.05) is 48.5 Å². The predicted octanol–water partition coefficient (Wildman–Crippen LogP) is 4.45. The van der Waals surface area contributed by atoms with Gasteiger partial charge in [0.1, 0.15) is 5.75 Å². The Kier molecular flexibility index (Phi) is 5.67. The molecule has 160 valence electrons. The Morgan fingerprint density at radius 1 is 0.875 bits per heavy atom. The Bertz CT molecular complexity index is 1340. The van der Waals surface area contributed by atoms with Crippen LogP contribution >= 0.6 is 0 Å². The predicted molar refractivity (Wildman–Crippen MR) is 118 cm³/mol. The molecule has 1 aromatic heterocycles. The van der Waals surface area contributed by atoms with Gasteiger partial charge in [0.15, 0.2) is 6.61 Å². The number of para-hydroxylation sites is 1. The van der Waals surface area contributed by atoms with E-state index in [0.717, 1.165) is 11.1 Å². The fourth-order valence-corrected chi connectivity index (χ4v) is 3.29. The second kappa shape index (κ2) is 8.73. The van der Waals surface area contributed by atoms with E-state index in [9.17, 15) is 19.8 Å². The minimum Gasteiger partial charge on any atom is -0.494 e. The summed E-state index contributed by atoms with van der Waals surface area (Å²) in [4.78, 5) is 24.4. The van der Waals surface area contributed by atoms with Gasteiger partial charge in [0, 0.05) is 28.9 Å². The highest BCUT2D eigenvalue weighted by Gasteiger charge is 2.16. The third-order valence-electron chi connectivity index (χ3n) is 4.96. The molecule has 0 radical (unpaired) electrons. The Labute approximate surface area is 183 Å². The van der Waals surface area contributed by atoms with E-state index in [-0.39, 0.29) is 23.9 Å². The van der Waals surface area contributed by atoms with Gasteiger partial charge in [-0.25, -0.2) is 0 Å². The number of azo groups is 1. The zero-order chi connectivity index (χ0) is 22.7. The molecule has 32 heavy (non-hydrogen) atoms. The Morgan fingerprint density at radius 3 is 2.34 bits per heavy atom. The molecular formula is C24H19N3O5. The number of nitrogens with zero attached hydrogens (tertiary/aromatic N) is 3. The lowest BCUT2D eigenvalue weighted by molar-refractivity contribution is -0.120. The van der Waals surface area contributed by atoms with E-state index < -0.39 is 11.8 Å². The maximum atomic E-state index is 12.3. The van der Waals surface area contributed by atoms with E-state index in [1.165, 1.54) is 29.8 Å². The van der Waals surface area contributed by atoms with Crippen LogP contribution in [0.15, 0.2) is 83.0 Å². The van der Waals surface area contributed by atoms with E-state index in [0.29, 0.717) is 16.5 Å². The first-order chi connectivity index (χ1) is 15.5. The van der Waals surface area contributed by atoms with Gasteiger partial charge in [-0.05, 0) is 29.8 Å². The second-order valence-corrected chi connectivity index (χ2v) is 7.02. The number of benzene rings is 3. The number of amides is 2. The number of carbonyl (C=O) groups is 2. The summed E-state index contributed by atoms with van der Waals surface area (Å²) in [5.74, 6) is -1.28. The molecule has 0 spiro atoms. The molecule has 2 amide bonds. The van der Waals surface area contributed by atoms with Gasteiger partial charge in [0.05, 0.1) is 0 Å². The molecule has 8 heteroatoms. The molecule has 0 atom stereocenters. The normalized spacial score (nSPS) is 11.2. The van der Waals surface area contributed by atoms with E-state index in [4.69, 9.17) is 4.74 Å². The van der Waals surface area contributed by atoms with Crippen LogP contribution in [0, 0.1) is 0 Å². The van der Waals surface area contributed by atoms with Crippen molar-refractivity contribution < 1.29 is 24.5 Å². The van der Waals surface area contributed by atoms with Crippen molar-refractivity contribution in [2.24, 2.45) is 17.3 Å². The summed E-state index contributed by atoms with van der Waals surface area (Å²) in [6, 6.07) is 21.2. The standard InChI is InChI=1S/C24H19N3O5/c1-27-23(30)18-12-11-16(13-19(18)24(27)31)22(29)26-25-21(28)14-32-20-10-6-5-9-17(20)15-7-3-2-4-8-15/h2-13,30-31H,14H2,1H3. The zero-order valence-electron chi connectivity index (χ0n) is 17.1. The second-order valence-electron chi connectivity index (χ2n) is 7.02. The number of hydrogen-bond donors (Lipinski definition) is 2. The van der Waals surface area contributed by atoms with Crippen molar-refractivity contribution in [3.05, 3.63) is 78.4 Å². The first kappa shape index (κ1) is 20.8. The number of aromatic hydroxyl groups is 2. The van der Waals surface area contributed by atoms with Crippen molar-refractivity contribution >= 4 is 22.6 Å².